The van der Waals surface area contributed by atoms with E-state index < -0.39 is 0 Å². The van der Waals surface area contributed by atoms with E-state index in [1.165, 1.54) is 6.07 Å². The average molecular weight is 246 g/mol. The van der Waals surface area contributed by atoms with Gasteiger partial charge >= 0.3 is 0 Å². The van der Waals surface area contributed by atoms with Gasteiger partial charge in [-0.15, -0.1) is 0 Å². The fourth-order valence-corrected chi connectivity index (χ4v) is 2.21. The van der Waals surface area contributed by atoms with Crippen LogP contribution in [0.25, 0.3) is 0 Å². The Morgan fingerprint density at radius 3 is 2.73 bits per heavy atom. The van der Waals surface area contributed by atoms with E-state index in [2.05, 4.69) is 5.32 Å². The largest absolute Gasteiger partial charge is 0.506 e. The standard InChI is InChI=1S/C10H9Cl2NO2/c11-5-3-6(10(15)7(12)4-5)8-1-2-9(14)13-8/h3-4,8,15H,1-2H2,(H,13,14). The van der Waals surface area contributed by atoms with Crippen molar-refractivity contribution in [3.63, 3.8) is 0 Å². The zero-order valence-electron chi connectivity index (χ0n) is 7.76. The number of rotatable bonds is 1. The van der Waals surface area contributed by atoms with Crippen LogP contribution in [0.4, 0.5) is 0 Å². The molecule has 1 aliphatic heterocycles. The molecule has 0 spiro atoms. The van der Waals surface area contributed by atoms with Crippen molar-refractivity contribution in [2.75, 3.05) is 0 Å². The summed E-state index contributed by atoms with van der Waals surface area (Å²) in [6.45, 7) is 0. The number of halogens is 2. The van der Waals surface area contributed by atoms with Crippen molar-refractivity contribution in [3.05, 3.63) is 27.7 Å². The topological polar surface area (TPSA) is 49.3 Å². The summed E-state index contributed by atoms with van der Waals surface area (Å²) in [7, 11) is 0. The third-order valence-corrected chi connectivity index (χ3v) is 2.93. The van der Waals surface area contributed by atoms with Gasteiger partial charge in [0.2, 0.25) is 5.91 Å². The summed E-state index contributed by atoms with van der Waals surface area (Å²) < 4.78 is 0. The second kappa shape index (κ2) is 3.91. The molecule has 80 valence electrons. The van der Waals surface area contributed by atoms with Gasteiger partial charge < -0.3 is 10.4 Å². The molecule has 1 saturated heterocycles. The van der Waals surface area contributed by atoms with E-state index in [4.69, 9.17) is 23.2 Å². The number of phenols is 1. The molecule has 0 aliphatic carbocycles. The monoisotopic (exact) mass is 245 g/mol. The highest BCUT2D eigenvalue weighted by Crippen LogP contribution is 2.37. The van der Waals surface area contributed by atoms with Crippen molar-refractivity contribution in [2.45, 2.75) is 18.9 Å². The minimum Gasteiger partial charge on any atom is -0.506 e. The van der Waals surface area contributed by atoms with E-state index in [1.54, 1.807) is 6.07 Å². The molecule has 1 unspecified atom stereocenters. The number of carbonyl (C=O) groups excluding carboxylic acids is 1. The van der Waals surface area contributed by atoms with E-state index in [9.17, 15) is 9.90 Å². The summed E-state index contributed by atoms with van der Waals surface area (Å²) in [6, 6.07) is 2.91. The molecule has 1 aromatic carbocycles. The van der Waals surface area contributed by atoms with Crippen LogP contribution in [0, 0.1) is 0 Å². The zero-order valence-corrected chi connectivity index (χ0v) is 9.27. The molecule has 1 heterocycles. The number of benzene rings is 1. The average Bonchev–Trinajstić information content (AvgIpc) is 2.58. The minimum atomic E-state index is -0.186. The molecule has 1 aromatic rings. The van der Waals surface area contributed by atoms with Crippen LogP contribution in [0.15, 0.2) is 12.1 Å². The highest BCUT2D eigenvalue weighted by atomic mass is 35.5. The number of aromatic hydroxyl groups is 1. The molecule has 0 saturated carbocycles. The molecule has 1 aliphatic rings. The molecular weight excluding hydrogens is 237 g/mol. The van der Waals surface area contributed by atoms with E-state index in [0.717, 1.165) is 0 Å². The molecule has 3 nitrogen and oxygen atoms in total. The first kappa shape index (κ1) is 10.6. The van der Waals surface area contributed by atoms with Gasteiger partial charge in [0, 0.05) is 17.0 Å². The Morgan fingerprint density at radius 2 is 2.13 bits per heavy atom. The Bertz CT molecular complexity index is 420. The predicted octanol–water partition coefficient (Wildman–Crippen LogP) is 2.65. The highest BCUT2D eigenvalue weighted by Gasteiger charge is 2.25. The van der Waals surface area contributed by atoms with E-state index >= 15 is 0 Å². The molecule has 0 radical (unpaired) electrons. The molecule has 1 fully saturated rings. The molecular formula is C10H9Cl2NO2. The van der Waals surface area contributed by atoms with Gasteiger partial charge in [0.15, 0.2) is 0 Å². The van der Waals surface area contributed by atoms with E-state index in [-0.39, 0.29) is 22.7 Å². The molecule has 0 aromatic heterocycles. The van der Waals surface area contributed by atoms with Gasteiger partial charge in [-0.25, -0.2) is 0 Å². The number of hydrogen-bond acceptors (Lipinski definition) is 2. The third kappa shape index (κ3) is 2.03. The molecule has 2 rings (SSSR count). The summed E-state index contributed by atoms with van der Waals surface area (Å²) in [6.07, 6.45) is 1.12. The third-order valence-electron chi connectivity index (χ3n) is 2.43. The first-order valence-corrected chi connectivity index (χ1v) is 5.31. The molecule has 0 bridgehead atoms. The summed E-state index contributed by atoms with van der Waals surface area (Å²) in [4.78, 5) is 11.0. The zero-order chi connectivity index (χ0) is 11.0. The predicted molar refractivity (Wildman–Crippen MR) is 58.2 cm³/mol. The van der Waals surface area contributed by atoms with Crippen molar-refractivity contribution in [3.8, 4) is 5.75 Å². The van der Waals surface area contributed by atoms with Crippen molar-refractivity contribution >= 4 is 29.1 Å². The van der Waals surface area contributed by atoms with Gasteiger partial charge in [0.1, 0.15) is 5.75 Å². The van der Waals surface area contributed by atoms with Gasteiger partial charge in [-0.3, -0.25) is 4.79 Å². The SMILES string of the molecule is O=C1CCC(c2cc(Cl)cc(Cl)c2O)N1. The van der Waals surface area contributed by atoms with Crippen LogP contribution in [-0.2, 0) is 4.79 Å². The number of amides is 1. The van der Waals surface area contributed by atoms with Crippen LogP contribution in [0.2, 0.25) is 10.0 Å². The lowest BCUT2D eigenvalue weighted by Gasteiger charge is -2.13. The van der Waals surface area contributed by atoms with E-state index in [1.807, 2.05) is 0 Å². The second-order valence-electron chi connectivity index (χ2n) is 3.48. The lowest BCUT2D eigenvalue weighted by atomic mass is 10.0. The van der Waals surface area contributed by atoms with Crippen LogP contribution < -0.4 is 5.32 Å². The van der Waals surface area contributed by atoms with Crippen LogP contribution in [0.5, 0.6) is 5.75 Å². The summed E-state index contributed by atoms with van der Waals surface area (Å²) in [5.74, 6) is -0.0243. The Kier molecular flexibility index (Phi) is 2.76. The van der Waals surface area contributed by atoms with Gasteiger partial charge in [-0.05, 0) is 18.6 Å². The van der Waals surface area contributed by atoms with Crippen molar-refractivity contribution < 1.29 is 9.90 Å². The number of hydrogen-bond donors (Lipinski definition) is 2. The lowest BCUT2D eigenvalue weighted by Crippen LogP contribution is -2.18. The second-order valence-corrected chi connectivity index (χ2v) is 4.33. The maximum atomic E-state index is 11.0. The first-order valence-electron chi connectivity index (χ1n) is 4.55. The Labute approximate surface area is 97.0 Å². The smallest absolute Gasteiger partial charge is 0.220 e. The highest BCUT2D eigenvalue weighted by molar-refractivity contribution is 6.35. The molecule has 1 atom stereocenters. The summed E-state index contributed by atoms with van der Waals surface area (Å²) in [5, 5.41) is 13.1. The van der Waals surface area contributed by atoms with Crippen molar-refractivity contribution in [1.29, 1.82) is 0 Å². The Balaban J connectivity index is 2.39. The molecule has 5 heteroatoms. The number of nitrogens with one attached hydrogen (secondary N) is 1. The van der Waals surface area contributed by atoms with Crippen molar-refractivity contribution in [1.82, 2.24) is 5.32 Å². The number of carbonyl (C=O) groups is 1. The van der Waals surface area contributed by atoms with Gasteiger partial charge in [-0.2, -0.15) is 0 Å². The fourth-order valence-electron chi connectivity index (χ4n) is 1.70. The Morgan fingerprint density at radius 1 is 1.40 bits per heavy atom. The van der Waals surface area contributed by atoms with Crippen LogP contribution in [0.3, 0.4) is 0 Å². The lowest BCUT2D eigenvalue weighted by molar-refractivity contribution is -0.119. The van der Waals surface area contributed by atoms with Crippen LogP contribution in [0.1, 0.15) is 24.4 Å². The quantitative estimate of drug-likeness (QED) is 0.800. The normalized spacial score (nSPS) is 20.4. The van der Waals surface area contributed by atoms with Crippen LogP contribution >= 0.6 is 23.2 Å². The summed E-state index contributed by atoms with van der Waals surface area (Å²) in [5.41, 5.74) is 0.582. The van der Waals surface area contributed by atoms with Crippen molar-refractivity contribution in [2.24, 2.45) is 0 Å². The molecule has 1 amide bonds. The van der Waals surface area contributed by atoms with Crippen LogP contribution in [-0.4, -0.2) is 11.0 Å². The molecule has 2 N–H and O–H groups in total. The number of phenolic OH excluding ortho intramolecular Hbond substituents is 1. The van der Waals surface area contributed by atoms with E-state index in [0.29, 0.717) is 23.4 Å². The van der Waals surface area contributed by atoms with Gasteiger partial charge in [0.25, 0.3) is 0 Å². The maximum Gasteiger partial charge on any atom is 0.220 e. The first-order chi connectivity index (χ1) is 7.08. The van der Waals surface area contributed by atoms with Gasteiger partial charge in [-0.1, -0.05) is 23.2 Å². The summed E-state index contributed by atoms with van der Waals surface area (Å²) >= 11 is 11.6. The van der Waals surface area contributed by atoms with Gasteiger partial charge in [0.05, 0.1) is 11.1 Å². The fraction of sp³-hybridized carbons (Fsp3) is 0.300. The minimum absolute atomic E-state index is 0.00623. The Hall–Kier alpha value is -0.930. The molecule has 15 heavy (non-hydrogen) atoms. The maximum absolute atomic E-state index is 11.0.